The van der Waals surface area contributed by atoms with Crippen LogP contribution in [0.15, 0.2) is 18.2 Å². The zero-order valence-corrected chi connectivity index (χ0v) is 14.4. The summed E-state index contributed by atoms with van der Waals surface area (Å²) in [5.41, 5.74) is 0.364. The van der Waals surface area contributed by atoms with Gasteiger partial charge < -0.3 is 4.90 Å². The molecule has 0 saturated carbocycles. The molecule has 6 nitrogen and oxygen atoms in total. The normalized spacial score (nSPS) is 23.1. The average Bonchev–Trinajstić information content (AvgIpc) is 2.43. The van der Waals surface area contributed by atoms with E-state index in [9.17, 15) is 14.9 Å². The standard InChI is InChI=1S/C14H18IN3O3/c1-9-7-17(8-10(2)16(9)3)14(19)12-6-11(18(20)21)4-5-13(12)15/h4-6,9-10H,7-8H2,1-3H3. The van der Waals surface area contributed by atoms with Crippen LogP contribution < -0.4 is 0 Å². The highest BCUT2D eigenvalue weighted by atomic mass is 127. The maximum Gasteiger partial charge on any atom is 0.270 e. The molecule has 0 aliphatic carbocycles. The van der Waals surface area contributed by atoms with Gasteiger partial charge in [-0.3, -0.25) is 19.8 Å². The topological polar surface area (TPSA) is 66.7 Å². The number of carbonyl (C=O) groups is 1. The van der Waals surface area contributed by atoms with E-state index in [2.05, 4.69) is 18.7 Å². The van der Waals surface area contributed by atoms with Crippen molar-refractivity contribution < 1.29 is 9.72 Å². The van der Waals surface area contributed by atoms with Gasteiger partial charge in [-0.15, -0.1) is 0 Å². The fraction of sp³-hybridized carbons (Fsp3) is 0.500. The van der Waals surface area contributed by atoms with Crippen molar-refractivity contribution in [2.75, 3.05) is 20.1 Å². The van der Waals surface area contributed by atoms with Gasteiger partial charge in [-0.1, -0.05) is 0 Å². The summed E-state index contributed by atoms with van der Waals surface area (Å²) in [7, 11) is 2.05. The van der Waals surface area contributed by atoms with Crippen molar-refractivity contribution in [2.24, 2.45) is 0 Å². The van der Waals surface area contributed by atoms with Crippen LogP contribution in [0.25, 0.3) is 0 Å². The number of benzene rings is 1. The van der Waals surface area contributed by atoms with Gasteiger partial charge in [0.25, 0.3) is 11.6 Å². The maximum atomic E-state index is 12.7. The molecular weight excluding hydrogens is 385 g/mol. The first-order valence-electron chi connectivity index (χ1n) is 6.76. The number of carbonyl (C=O) groups excluding carboxylic acids is 1. The van der Waals surface area contributed by atoms with Gasteiger partial charge in [0.2, 0.25) is 0 Å². The maximum absolute atomic E-state index is 12.7. The number of amides is 1. The van der Waals surface area contributed by atoms with Crippen molar-refractivity contribution in [3.63, 3.8) is 0 Å². The Morgan fingerprint density at radius 2 is 1.90 bits per heavy atom. The average molecular weight is 403 g/mol. The fourth-order valence-corrected chi connectivity index (χ4v) is 3.10. The number of non-ortho nitro benzene ring substituents is 1. The van der Waals surface area contributed by atoms with Gasteiger partial charge in [-0.25, -0.2) is 0 Å². The van der Waals surface area contributed by atoms with E-state index in [1.807, 2.05) is 29.6 Å². The number of piperazine rings is 1. The molecule has 0 aromatic heterocycles. The number of hydrogen-bond donors (Lipinski definition) is 0. The second-order valence-electron chi connectivity index (χ2n) is 5.49. The molecule has 1 aliphatic heterocycles. The predicted molar refractivity (Wildman–Crippen MR) is 88.4 cm³/mol. The lowest BCUT2D eigenvalue weighted by molar-refractivity contribution is -0.384. The summed E-state index contributed by atoms with van der Waals surface area (Å²) in [4.78, 5) is 27.1. The molecule has 2 atom stereocenters. The fourth-order valence-electron chi connectivity index (χ4n) is 2.53. The summed E-state index contributed by atoms with van der Waals surface area (Å²) in [6.45, 7) is 5.43. The quantitative estimate of drug-likeness (QED) is 0.432. The molecule has 0 N–H and O–H groups in total. The molecule has 7 heteroatoms. The van der Waals surface area contributed by atoms with Crippen molar-refractivity contribution >= 4 is 34.2 Å². The monoisotopic (exact) mass is 403 g/mol. The highest BCUT2D eigenvalue weighted by Crippen LogP contribution is 2.23. The molecule has 1 aliphatic rings. The van der Waals surface area contributed by atoms with Crippen molar-refractivity contribution in [2.45, 2.75) is 25.9 Å². The van der Waals surface area contributed by atoms with E-state index in [0.717, 1.165) is 3.57 Å². The van der Waals surface area contributed by atoms with Crippen LogP contribution in [0.1, 0.15) is 24.2 Å². The Kier molecular flexibility index (Phi) is 4.82. The van der Waals surface area contributed by atoms with Gasteiger partial charge in [0.1, 0.15) is 0 Å². The minimum atomic E-state index is -0.470. The van der Waals surface area contributed by atoms with Crippen molar-refractivity contribution in [1.82, 2.24) is 9.80 Å². The third-order valence-electron chi connectivity index (χ3n) is 4.04. The molecule has 1 fully saturated rings. The van der Waals surface area contributed by atoms with Crippen molar-refractivity contribution in [3.05, 3.63) is 37.4 Å². The second kappa shape index (κ2) is 6.27. The van der Waals surface area contributed by atoms with Gasteiger partial charge in [0.15, 0.2) is 0 Å². The molecule has 21 heavy (non-hydrogen) atoms. The first kappa shape index (κ1) is 16.2. The molecule has 2 unspecified atom stereocenters. The SMILES string of the molecule is CC1CN(C(=O)c2cc([N+](=O)[O-])ccc2I)CC(C)N1C. The Labute approximate surface area is 137 Å². The van der Waals surface area contributed by atoms with Gasteiger partial charge >= 0.3 is 0 Å². The number of likely N-dealkylation sites (N-methyl/N-ethyl adjacent to an activating group) is 1. The smallest absolute Gasteiger partial charge is 0.270 e. The van der Waals surface area contributed by atoms with Crippen LogP contribution in [0.3, 0.4) is 0 Å². The summed E-state index contributed by atoms with van der Waals surface area (Å²) in [5.74, 6) is -0.130. The van der Waals surface area contributed by atoms with E-state index in [0.29, 0.717) is 18.7 Å². The Balaban J connectivity index is 2.28. The predicted octanol–water partition coefficient (Wildman–Crippen LogP) is 2.36. The van der Waals surface area contributed by atoms with Gasteiger partial charge in [0, 0.05) is 40.9 Å². The molecule has 1 heterocycles. The van der Waals surface area contributed by atoms with Gasteiger partial charge in [0.05, 0.1) is 10.5 Å². The van der Waals surface area contributed by atoms with E-state index in [1.165, 1.54) is 12.1 Å². The second-order valence-corrected chi connectivity index (χ2v) is 6.66. The lowest BCUT2D eigenvalue weighted by Crippen LogP contribution is -2.56. The van der Waals surface area contributed by atoms with E-state index in [1.54, 1.807) is 11.0 Å². The Morgan fingerprint density at radius 1 is 1.33 bits per heavy atom. The number of rotatable bonds is 2. The molecule has 0 radical (unpaired) electrons. The van der Waals surface area contributed by atoms with Gasteiger partial charge in [-0.05, 0) is 49.6 Å². The van der Waals surface area contributed by atoms with Crippen LogP contribution in [0.5, 0.6) is 0 Å². The molecule has 114 valence electrons. The summed E-state index contributed by atoms with van der Waals surface area (Å²) >= 11 is 2.05. The molecule has 0 bridgehead atoms. The Morgan fingerprint density at radius 3 is 2.43 bits per heavy atom. The van der Waals surface area contributed by atoms with Crippen LogP contribution in [-0.2, 0) is 0 Å². The molecule has 2 rings (SSSR count). The summed E-state index contributed by atoms with van der Waals surface area (Å²) in [5, 5.41) is 10.9. The largest absolute Gasteiger partial charge is 0.335 e. The van der Waals surface area contributed by atoms with E-state index >= 15 is 0 Å². The van der Waals surface area contributed by atoms with Crippen molar-refractivity contribution in [1.29, 1.82) is 0 Å². The van der Waals surface area contributed by atoms with Crippen LogP contribution in [0.4, 0.5) is 5.69 Å². The summed E-state index contributed by atoms with van der Waals surface area (Å²) in [6, 6.07) is 4.96. The van der Waals surface area contributed by atoms with Gasteiger partial charge in [-0.2, -0.15) is 0 Å². The minimum absolute atomic E-state index is 0.0472. The molecule has 0 spiro atoms. The zero-order valence-electron chi connectivity index (χ0n) is 12.2. The third-order valence-corrected chi connectivity index (χ3v) is 4.98. The number of hydrogen-bond acceptors (Lipinski definition) is 4. The highest BCUT2D eigenvalue weighted by molar-refractivity contribution is 14.1. The first-order chi connectivity index (χ1) is 9.81. The van der Waals surface area contributed by atoms with Crippen molar-refractivity contribution in [3.8, 4) is 0 Å². The molecule has 1 aromatic rings. The molecule has 1 amide bonds. The molecule has 1 aromatic carbocycles. The van der Waals surface area contributed by atoms with E-state index in [-0.39, 0.29) is 23.7 Å². The van der Waals surface area contributed by atoms with E-state index < -0.39 is 4.92 Å². The number of nitro groups is 1. The highest BCUT2D eigenvalue weighted by Gasteiger charge is 2.31. The Hall–Kier alpha value is -1.22. The van der Waals surface area contributed by atoms with Crippen LogP contribution >= 0.6 is 22.6 Å². The Bertz CT molecular complexity index is 567. The van der Waals surface area contributed by atoms with Crippen LogP contribution in [0.2, 0.25) is 0 Å². The minimum Gasteiger partial charge on any atom is -0.335 e. The molecule has 1 saturated heterocycles. The van der Waals surface area contributed by atoms with Crippen LogP contribution in [0, 0.1) is 13.7 Å². The lowest BCUT2D eigenvalue weighted by Gasteiger charge is -2.42. The zero-order chi connectivity index (χ0) is 15.7. The lowest BCUT2D eigenvalue weighted by atomic mass is 10.1. The number of nitro benzene ring substituents is 1. The summed E-state index contributed by atoms with van der Waals surface area (Å²) < 4.78 is 0.738. The molecular formula is C14H18IN3O3. The summed E-state index contributed by atoms with van der Waals surface area (Å²) in [6.07, 6.45) is 0. The first-order valence-corrected chi connectivity index (χ1v) is 7.84. The number of nitrogens with zero attached hydrogens (tertiary/aromatic N) is 3. The third kappa shape index (κ3) is 3.34. The van der Waals surface area contributed by atoms with E-state index in [4.69, 9.17) is 0 Å². The number of halogens is 1. The van der Waals surface area contributed by atoms with Crippen LogP contribution in [-0.4, -0.2) is 52.9 Å².